The van der Waals surface area contributed by atoms with Crippen molar-refractivity contribution >= 4 is 17.6 Å². The van der Waals surface area contributed by atoms with Gasteiger partial charge in [0.1, 0.15) is 0 Å². The lowest BCUT2D eigenvalue weighted by molar-refractivity contribution is -0.136. The van der Waals surface area contributed by atoms with Crippen LogP contribution in [-0.2, 0) is 14.3 Å². The van der Waals surface area contributed by atoms with Crippen molar-refractivity contribution in [3.8, 4) is 11.5 Å². The number of hydrogen-bond acceptors (Lipinski definition) is 6. The van der Waals surface area contributed by atoms with Gasteiger partial charge >= 0.3 is 12.0 Å². The Kier molecular flexibility index (Phi) is 5.85. The van der Waals surface area contributed by atoms with Crippen LogP contribution in [0.4, 0.5) is 4.79 Å². The third-order valence-corrected chi connectivity index (χ3v) is 6.24. The molecule has 0 N–H and O–H groups in total. The van der Waals surface area contributed by atoms with Crippen LogP contribution in [0, 0.1) is 0 Å². The van der Waals surface area contributed by atoms with Crippen molar-refractivity contribution in [3.05, 3.63) is 29.3 Å². The summed E-state index contributed by atoms with van der Waals surface area (Å²) in [6.45, 7) is 2.25. The fourth-order valence-corrected chi connectivity index (χ4v) is 4.79. The molecule has 8 nitrogen and oxygen atoms in total. The van der Waals surface area contributed by atoms with Crippen LogP contribution in [0.3, 0.4) is 0 Å². The highest BCUT2D eigenvalue weighted by Gasteiger charge is 2.47. The van der Waals surface area contributed by atoms with Crippen molar-refractivity contribution < 1.29 is 28.5 Å². The van der Waals surface area contributed by atoms with Crippen LogP contribution in [0.25, 0.3) is 5.57 Å². The molecule has 0 saturated carbocycles. The van der Waals surface area contributed by atoms with Gasteiger partial charge in [-0.3, -0.25) is 0 Å². The Morgan fingerprint density at radius 1 is 1.03 bits per heavy atom. The molecule has 30 heavy (non-hydrogen) atoms. The number of amides is 2. The highest BCUT2D eigenvalue weighted by molar-refractivity contribution is 6.01. The van der Waals surface area contributed by atoms with E-state index in [-0.39, 0.29) is 24.1 Å². The highest BCUT2D eigenvalue weighted by atomic mass is 16.5. The fourth-order valence-electron chi connectivity index (χ4n) is 4.79. The van der Waals surface area contributed by atoms with Crippen LogP contribution >= 0.6 is 0 Å². The van der Waals surface area contributed by atoms with E-state index in [4.69, 9.17) is 18.9 Å². The van der Waals surface area contributed by atoms with Gasteiger partial charge in [-0.25, -0.2) is 9.59 Å². The molecule has 2 atom stereocenters. The van der Waals surface area contributed by atoms with Gasteiger partial charge in [0.15, 0.2) is 11.5 Å². The van der Waals surface area contributed by atoms with E-state index < -0.39 is 0 Å². The monoisotopic (exact) mass is 416 g/mol. The summed E-state index contributed by atoms with van der Waals surface area (Å²) in [6.07, 6.45) is 2.21. The molecule has 3 aliphatic heterocycles. The average molecular weight is 416 g/mol. The molecule has 2 fully saturated rings. The van der Waals surface area contributed by atoms with Crippen LogP contribution in [0.1, 0.15) is 24.8 Å². The number of carbonyl (C=O) groups is 2. The van der Waals surface area contributed by atoms with Gasteiger partial charge < -0.3 is 28.7 Å². The van der Waals surface area contributed by atoms with Crippen LogP contribution in [-0.4, -0.2) is 81.5 Å². The number of benzene rings is 1. The number of rotatable bonds is 4. The second kappa shape index (κ2) is 8.55. The molecule has 0 unspecified atom stereocenters. The van der Waals surface area contributed by atoms with Gasteiger partial charge in [-0.05, 0) is 42.5 Å². The second-order valence-electron chi connectivity index (χ2n) is 7.69. The van der Waals surface area contributed by atoms with E-state index in [0.29, 0.717) is 49.8 Å². The molecule has 8 heteroatoms. The Morgan fingerprint density at radius 2 is 1.77 bits per heavy atom. The number of ether oxygens (including phenoxy) is 4. The maximum absolute atomic E-state index is 13.3. The molecule has 1 aromatic rings. The first-order valence-corrected chi connectivity index (χ1v) is 10.3. The predicted octanol–water partition coefficient (Wildman–Crippen LogP) is 2.32. The van der Waals surface area contributed by atoms with Crippen molar-refractivity contribution in [2.45, 2.75) is 31.3 Å². The van der Waals surface area contributed by atoms with Crippen LogP contribution < -0.4 is 9.47 Å². The van der Waals surface area contributed by atoms with Crippen molar-refractivity contribution in [2.24, 2.45) is 0 Å². The van der Waals surface area contributed by atoms with Crippen molar-refractivity contribution in [1.29, 1.82) is 0 Å². The number of urea groups is 1. The summed E-state index contributed by atoms with van der Waals surface area (Å²) in [4.78, 5) is 29.9. The molecule has 0 aliphatic carbocycles. The molecule has 0 aromatic heterocycles. The number of morpholine rings is 1. The Morgan fingerprint density at radius 3 is 2.43 bits per heavy atom. The first-order chi connectivity index (χ1) is 14.6. The van der Waals surface area contributed by atoms with E-state index in [0.717, 1.165) is 24.0 Å². The van der Waals surface area contributed by atoms with Gasteiger partial charge in [0.25, 0.3) is 0 Å². The molecule has 2 amide bonds. The van der Waals surface area contributed by atoms with Gasteiger partial charge in [0.2, 0.25) is 0 Å². The average Bonchev–Trinajstić information content (AvgIpc) is 3.11. The number of fused-ring (bicyclic) bond motifs is 2. The molecule has 1 aromatic carbocycles. The molecule has 162 valence electrons. The fraction of sp³-hybridized carbons (Fsp3) is 0.545. The summed E-state index contributed by atoms with van der Waals surface area (Å²) in [7, 11) is 4.56. The van der Waals surface area contributed by atoms with E-state index in [1.807, 2.05) is 28.0 Å². The molecule has 0 radical (unpaired) electrons. The van der Waals surface area contributed by atoms with Gasteiger partial charge in [0.05, 0.1) is 46.2 Å². The van der Waals surface area contributed by atoms with Gasteiger partial charge in [-0.1, -0.05) is 6.07 Å². The van der Waals surface area contributed by atoms with Gasteiger partial charge in [-0.2, -0.15) is 0 Å². The molecule has 0 spiro atoms. The Labute approximate surface area is 176 Å². The first-order valence-electron chi connectivity index (χ1n) is 10.3. The smallest absolute Gasteiger partial charge is 0.336 e. The molecule has 2 saturated heterocycles. The molecule has 3 heterocycles. The maximum atomic E-state index is 13.3. The zero-order valence-electron chi connectivity index (χ0n) is 17.7. The zero-order valence-corrected chi connectivity index (χ0v) is 17.7. The van der Waals surface area contributed by atoms with Crippen molar-refractivity contribution in [2.75, 3.05) is 47.6 Å². The highest BCUT2D eigenvalue weighted by Crippen LogP contribution is 2.45. The van der Waals surface area contributed by atoms with Crippen molar-refractivity contribution in [3.63, 3.8) is 0 Å². The second-order valence-corrected chi connectivity index (χ2v) is 7.69. The lowest BCUT2D eigenvalue weighted by Gasteiger charge is -2.41. The van der Waals surface area contributed by atoms with E-state index in [9.17, 15) is 9.59 Å². The minimum Gasteiger partial charge on any atom is -0.493 e. The minimum atomic E-state index is -0.384. The predicted molar refractivity (Wildman–Crippen MR) is 110 cm³/mol. The number of hydrogen-bond donors (Lipinski definition) is 0. The zero-order chi connectivity index (χ0) is 21.3. The third-order valence-electron chi connectivity index (χ3n) is 6.24. The largest absolute Gasteiger partial charge is 0.493 e. The summed E-state index contributed by atoms with van der Waals surface area (Å²) in [6, 6.07) is 5.41. The SMILES string of the molecule is COC(=O)C1=C(c2ccc(OC)c(OC)c2)C[C@@H]2CC[C@H]1N2C(=O)N1CCOCC1. The Hall–Kier alpha value is -2.74. The first kappa shape index (κ1) is 20.5. The maximum Gasteiger partial charge on any atom is 0.336 e. The van der Waals surface area contributed by atoms with Crippen LogP contribution in [0.2, 0.25) is 0 Å². The summed E-state index contributed by atoms with van der Waals surface area (Å²) in [5.74, 6) is 0.847. The summed E-state index contributed by atoms with van der Waals surface area (Å²) < 4.78 is 21.3. The van der Waals surface area contributed by atoms with Gasteiger partial charge in [-0.15, -0.1) is 0 Å². The van der Waals surface area contributed by atoms with Crippen LogP contribution in [0.5, 0.6) is 11.5 Å². The lowest BCUT2D eigenvalue weighted by Crippen LogP contribution is -2.54. The summed E-state index contributed by atoms with van der Waals surface area (Å²) in [5.41, 5.74) is 2.38. The van der Waals surface area contributed by atoms with E-state index in [2.05, 4.69) is 0 Å². The quantitative estimate of drug-likeness (QED) is 0.701. The summed E-state index contributed by atoms with van der Waals surface area (Å²) >= 11 is 0. The van der Waals surface area contributed by atoms with Crippen molar-refractivity contribution in [1.82, 2.24) is 9.80 Å². The lowest BCUT2D eigenvalue weighted by atomic mass is 9.88. The molecule has 2 bridgehead atoms. The topological polar surface area (TPSA) is 77.5 Å². The van der Waals surface area contributed by atoms with E-state index >= 15 is 0 Å². The Balaban J connectivity index is 1.73. The number of esters is 1. The van der Waals surface area contributed by atoms with Crippen LogP contribution in [0.15, 0.2) is 23.8 Å². The number of carbonyl (C=O) groups excluding carboxylic acids is 2. The van der Waals surface area contributed by atoms with E-state index in [1.54, 1.807) is 14.2 Å². The number of methoxy groups -OCH3 is 3. The third kappa shape index (κ3) is 3.49. The molecule has 3 aliphatic rings. The molecular formula is C22H28N2O6. The standard InChI is InChI=1S/C22H28N2O6/c1-27-18-7-4-14(12-19(18)28-2)16-13-15-5-6-17(20(16)21(25)29-3)24(15)22(26)23-8-10-30-11-9-23/h4,7,12,15,17H,5-6,8-11,13H2,1-3H3/t15-,17+/m0/s1. The summed E-state index contributed by atoms with van der Waals surface area (Å²) in [5, 5.41) is 0. The molecule has 4 rings (SSSR count). The van der Waals surface area contributed by atoms with E-state index in [1.165, 1.54) is 7.11 Å². The molecular weight excluding hydrogens is 388 g/mol. The minimum absolute atomic E-state index is 0.0152. The van der Waals surface area contributed by atoms with Gasteiger partial charge in [0, 0.05) is 19.1 Å². The number of nitrogens with zero attached hydrogens (tertiary/aromatic N) is 2. The Bertz CT molecular complexity index is 861. The normalized spacial score (nSPS) is 23.4.